The zero-order chi connectivity index (χ0) is 9.26. The number of ketones is 1. The van der Waals surface area contributed by atoms with E-state index in [4.69, 9.17) is 4.52 Å². The Labute approximate surface area is 76.3 Å². The molecule has 0 atom stereocenters. The molecule has 70 valence electrons. The molecule has 0 aliphatic heterocycles. The van der Waals surface area contributed by atoms with Gasteiger partial charge in [-0.2, -0.15) is 4.98 Å². The van der Waals surface area contributed by atoms with E-state index < -0.39 is 0 Å². The predicted octanol–water partition coefficient (Wildman–Crippen LogP) is 1.60. The van der Waals surface area contributed by atoms with Crippen LogP contribution in [0.1, 0.15) is 43.3 Å². The Morgan fingerprint density at radius 1 is 1.38 bits per heavy atom. The van der Waals surface area contributed by atoms with E-state index in [9.17, 15) is 4.79 Å². The average Bonchev–Trinajstić information content (AvgIpc) is 2.53. The highest BCUT2D eigenvalue weighted by atomic mass is 16.5. The molecule has 0 bridgehead atoms. The summed E-state index contributed by atoms with van der Waals surface area (Å²) in [7, 11) is 0. The number of aryl methyl sites for hydroxylation is 1. The summed E-state index contributed by atoms with van der Waals surface area (Å²) in [5.41, 5.74) is 0. The standard InChI is InChI=1S/C9H12N2O2/c1-6-10-9(13-11-6)7-2-4-8(12)5-3-7/h7H,2-5H2,1H3. The summed E-state index contributed by atoms with van der Waals surface area (Å²) in [4.78, 5) is 15.1. The number of aromatic nitrogens is 2. The minimum atomic E-state index is 0.305. The van der Waals surface area contributed by atoms with Crippen LogP contribution in [0.25, 0.3) is 0 Å². The van der Waals surface area contributed by atoms with E-state index in [2.05, 4.69) is 10.1 Å². The molecule has 0 spiro atoms. The molecule has 4 heteroatoms. The Hall–Kier alpha value is -1.19. The lowest BCUT2D eigenvalue weighted by molar-refractivity contribution is -0.120. The molecule has 1 aromatic rings. The van der Waals surface area contributed by atoms with E-state index in [1.165, 1.54) is 0 Å². The fourth-order valence-electron chi connectivity index (χ4n) is 1.67. The maximum absolute atomic E-state index is 11.0. The van der Waals surface area contributed by atoms with Gasteiger partial charge in [-0.05, 0) is 19.8 Å². The summed E-state index contributed by atoms with van der Waals surface area (Å²) < 4.78 is 5.07. The van der Waals surface area contributed by atoms with Gasteiger partial charge in [-0.25, -0.2) is 0 Å². The second-order valence-corrected chi connectivity index (χ2v) is 3.49. The van der Waals surface area contributed by atoms with Gasteiger partial charge in [0.2, 0.25) is 5.89 Å². The smallest absolute Gasteiger partial charge is 0.229 e. The van der Waals surface area contributed by atoms with E-state index in [0.717, 1.165) is 12.8 Å². The maximum atomic E-state index is 11.0. The van der Waals surface area contributed by atoms with Crippen LogP contribution >= 0.6 is 0 Å². The zero-order valence-electron chi connectivity index (χ0n) is 7.62. The second-order valence-electron chi connectivity index (χ2n) is 3.49. The van der Waals surface area contributed by atoms with Gasteiger partial charge in [-0.3, -0.25) is 4.79 Å². The van der Waals surface area contributed by atoms with Crippen molar-refractivity contribution in [2.45, 2.75) is 38.5 Å². The molecule has 1 saturated carbocycles. The number of nitrogens with zero attached hydrogens (tertiary/aromatic N) is 2. The van der Waals surface area contributed by atoms with Crippen LogP contribution in [0, 0.1) is 6.92 Å². The highest BCUT2D eigenvalue weighted by Gasteiger charge is 2.24. The summed E-state index contributed by atoms with van der Waals surface area (Å²) in [6, 6.07) is 0. The minimum Gasteiger partial charge on any atom is -0.339 e. The number of Topliss-reactive ketones (excluding diaryl/α,β-unsaturated/α-hetero) is 1. The number of carbonyl (C=O) groups is 1. The Morgan fingerprint density at radius 3 is 2.62 bits per heavy atom. The average molecular weight is 180 g/mol. The number of hydrogen-bond acceptors (Lipinski definition) is 4. The summed E-state index contributed by atoms with van der Waals surface area (Å²) in [5.74, 6) is 2.03. The zero-order valence-corrected chi connectivity index (χ0v) is 7.62. The molecule has 4 nitrogen and oxygen atoms in total. The fourth-order valence-corrected chi connectivity index (χ4v) is 1.67. The van der Waals surface area contributed by atoms with E-state index in [1.54, 1.807) is 6.92 Å². The highest BCUT2D eigenvalue weighted by molar-refractivity contribution is 5.79. The molecule has 1 aliphatic carbocycles. The molecule has 0 aromatic carbocycles. The van der Waals surface area contributed by atoms with Crippen LogP contribution in [0.4, 0.5) is 0 Å². The molecule has 13 heavy (non-hydrogen) atoms. The van der Waals surface area contributed by atoms with Gasteiger partial charge in [-0.1, -0.05) is 5.16 Å². The van der Waals surface area contributed by atoms with Gasteiger partial charge >= 0.3 is 0 Å². The normalized spacial score (nSPS) is 19.3. The van der Waals surface area contributed by atoms with Crippen LogP contribution in [0.5, 0.6) is 0 Å². The molecule has 0 amide bonds. The first-order valence-corrected chi connectivity index (χ1v) is 4.57. The predicted molar refractivity (Wildman–Crippen MR) is 45.3 cm³/mol. The lowest BCUT2D eigenvalue weighted by atomic mass is 9.88. The molecule has 1 aliphatic rings. The van der Waals surface area contributed by atoms with Crippen molar-refractivity contribution in [1.82, 2.24) is 10.1 Å². The molecular weight excluding hydrogens is 168 g/mol. The van der Waals surface area contributed by atoms with Gasteiger partial charge in [0, 0.05) is 18.8 Å². The maximum Gasteiger partial charge on any atom is 0.229 e. The van der Waals surface area contributed by atoms with Crippen LogP contribution in [-0.2, 0) is 4.79 Å². The summed E-state index contributed by atoms with van der Waals surface area (Å²) in [6.45, 7) is 1.81. The van der Waals surface area contributed by atoms with Gasteiger partial charge in [0.15, 0.2) is 5.82 Å². The summed E-state index contributed by atoms with van der Waals surface area (Å²) in [5, 5.41) is 3.74. The lowest BCUT2D eigenvalue weighted by Crippen LogP contribution is -2.12. The molecule has 0 saturated heterocycles. The van der Waals surface area contributed by atoms with Gasteiger partial charge in [0.05, 0.1) is 0 Å². The van der Waals surface area contributed by atoms with Crippen LogP contribution in [0.3, 0.4) is 0 Å². The molecule has 0 unspecified atom stereocenters. The Kier molecular flexibility index (Phi) is 2.12. The third-order valence-corrected chi connectivity index (χ3v) is 2.44. The SMILES string of the molecule is Cc1noc(C2CCC(=O)CC2)n1. The van der Waals surface area contributed by atoms with E-state index >= 15 is 0 Å². The van der Waals surface area contributed by atoms with Crippen molar-refractivity contribution in [1.29, 1.82) is 0 Å². The quantitative estimate of drug-likeness (QED) is 0.658. The Bertz CT molecular complexity index is 309. The van der Waals surface area contributed by atoms with Crippen molar-refractivity contribution in [3.63, 3.8) is 0 Å². The van der Waals surface area contributed by atoms with Crippen LogP contribution in [0.15, 0.2) is 4.52 Å². The van der Waals surface area contributed by atoms with Crippen molar-refractivity contribution >= 4 is 5.78 Å². The van der Waals surface area contributed by atoms with E-state index in [-0.39, 0.29) is 0 Å². The highest BCUT2D eigenvalue weighted by Crippen LogP contribution is 2.29. The first-order valence-electron chi connectivity index (χ1n) is 4.57. The number of rotatable bonds is 1. The minimum absolute atomic E-state index is 0.305. The van der Waals surface area contributed by atoms with Crippen molar-refractivity contribution in [3.8, 4) is 0 Å². The van der Waals surface area contributed by atoms with Crippen LogP contribution in [-0.4, -0.2) is 15.9 Å². The molecule has 1 fully saturated rings. The molecule has 0 N–H and O–H groups in total. The van der Waals surface area contributed by atoms with E-state index in [1.807, 2.05) is 0 Å². The van der Waals surface area contributed by atoms with Crippen LogP contribution in [0.2, 0.25) is 0 Å². The molecule has 1 heterocycles. The van der Waals surface area contributed by atoms with Crippen molar-refractivity contribution in [2.24, 2.45) is 0 Å². The second kappa shape index (κ2) is 3.28. The Balaban J connectivity index is 2.06. The molecule has 0 radical (unpaired) electrons. The largest absolute Gasteiger partial charge is 0.339 e. The van der Waals surface area contributed by atoms with Crippen LogP contribution < -0.4 is 0 Å². The first kappa shape index (κ1) is 8.41. The number of hydrogen-bond donors (Lipinski definition) is 0. The third-order valence-electron chi connectivity index (χ3n) is 2.44. The molecule has 2 rings (SSSR count). The van der Waals surface area contributed by atoms with Gasteiger partial charge in [0.1, 0.15) is 5.78 Å². The first-order chi connectivity index (χ1) is 6.25. The van der Waals surface area contributed by atoms with Crippen molar-refractivity contribution < 1.29 is 9.32 Å². The lowest BCUT2D eigenvalue weighted by Gasteiger charge is -2.16. The molecule has 1 aromatic heterocycles. The van der Waals surface area contributed by atoms with Gasteiger partial charge < -0.3 is 4.52 Å². The van der Waals surface area contributed by atoms with E-state index in [0.29, 0.717) is 36.3 Å². The topological polar surface area (TPSA) is 56.0 Å². The van der Waals surface area contributed by atoms with Gasteiger partial charge in [-0.15, -0.1) is 0 Å². The fraction of sp³-hybridized carbons (Fsp3) is 0.667. The summed E-state index contributed by atoms with van der Waals surface area (Å²) in [6.07, 6.45) is 3.04. The monoisotopic (exact) mass is 180 g/mol. The Morgan fingerprint density at radius 2 is 2.08 bits per heavy atom. The van der Waals surface area contributed by atoms with Crippen molar-refractivity contribution in [3.05, 3.63) is 11.7 Å². The summed E-state index contributed by atoms with van der Waals surface area (Å²) >= 11 is 0. The van der Waals surface area contributed by atoms with Gasteiger partial charge in [0.25, 0.3) is 0 Å². The molecular formula is C9H12N2O2. The van der Waals surface area contributed by atoms with Crippen molar-refractivity contribution in [2.75, 3.05) is 0 Å². The third kappa shape index (κ3) is 1.76. The number of carbonyl (C=O) groups excluding carboxylic acids is 1.